The van der Waals surface area contributed by atoms with Crippen LogP contribution in [-0.2, 0) is 23.8 Å². The number of rotatable bonds is 71. The highest BCUT2D eigenvalue weighted by Gasteiger charge is 2.44. The van der Waals surface area contributed by atoms with Crippen LogP contribution in [0.4, 0.5) is 0 Å². The Hall–Kier alpha value is -1.60. The van der Waals surface area contributed by atoms with Gasteiger partial charge in [-0.05, 0) is 32.1 Å². The predicted octanol–water partition coefficient (Wildman–Crippen LogP) is 21.0. The first kappa shape index (κ1) is 85.4. The van der Waals surface area contributed by atoms with E-state index in [1.54, 1.807) is 6.08 Å². The Kier molecular flexibility index (Phi) is 65.1. The maximum atomic E-state index is 13.0. The van der Waals surface area contributed by atoms with E-state index in [0.29, 0.717) is 19.4 Å². The highest BCUT2D eigenvalue weighted by Crippen LogP contribution is 2.24. The monoisotopic (exact) mass is 1260 g/mol. The number of allylic oxidation sites excluding steroid dienone is 1. The van der Waals surface area contributed by atoms with Crippen molar-refractivity contribution < 1.29 is 49.3 Å². The van der Waals surface area contributed by atoms with E-state index in [-0.39, 0.29) is 18.5 Å². The third-order valence-corrected chi connectivity index (χ3v) is 19.2. The summed E-state index contributed by atoms with van der Waals surface area (Å²) in [6.45, 7) is 4.39. The van der Waals surface area contributed by atoms with Gasteiger partial charge in [0.1, 0.15) is 24.4 Å². The molecule has 0 bridgehead atoms. The van der Waals surface area contributed by atoms with Crippen LogP contribution in [-0.4, -0.2) is 100 Å². The molecular formula is C78H151NO10. The molecule has 0 aromatic carbocycles. The molecule has 7 atom stereocenters. The van der Waals surface area contributed by atoms with Gasteiger partial charge in [-0.1, -0.05) is 379 Å². The molecule has 1 heterocycles. The molecule has 1 aliphatic heterocycles. The van der Waals surface area contributed by atoms with Crippen LogP contribution < -0.4 is 5.32 Å². The quantitative estimate of drug-likeness (QED) is 0.0195. The Morgan fingerprint density at radius 3 is 1.04 bits per heavy atom. The van der Waals surface area contributed by atoms with E-state index in [4.69, 9.17) is 14.2 Å². The summed E-state index contributed by atoms with van der Waals surface area (Å²) in [4.78, 5) is 25.2. The highest BCUT2D eigenvalue weighted by atomic mass is 16.7. The fraction of sp³-hybridized carbons (Fsp3) is 0.949. The number of ether oxygens (including phenoxy) is 3. The second-order valence-corrected chi connectivity index (χ2v) is 27.8. The average Bonchev–Trinajstić information content (AvgIpc) is 1.60. The van der Waals surface area contributed by atoms with Crippen molar-refractivity contribution in [2.75, 3.05) is 19.8 Å². The molecule has 0 saturated carbocycles. The second-order valence-electron chi connectivity index (χ2n) is 27.8. The lowest BCUT2D eigenvalue weighted by atomic mass is 9.99. The lowest BCUT2D eigenvalue weighted by molar-refractivity contribution is -0.302. The van der Waals surface area contributed by atoms with E-state index in [2.05, 4.69) is 19.2 Å². The summed E-state index contributed by atoms with van der Waals surface area (Å²) in [7, 11) is 0. The molecule has 89 heavy (non-hydrogen) atoms. The van der Waals surface area contributed by atoms with E-state index in [1.165, 1.54) is 334 Å². The molecule has 1 rings (SSSR count). The Bertz CT molecular complexity index is 1480. The number of carbonyl (C=O) groups excluding carboxylic acids is 2. The standard InChI is InChI=1S/C78H151NO10/c1-3-5-7-9-11-13-15-16-17-40-43-46-50-54-58-62-66-74(83)87-67-63-59-55-51-47-44-41-38-36-34-32-30-28-26-24-22-20-18-19-21-23-25-27-29-31-33-35-37-39-42-45-49-53-57-61-65-73(82)79-70(69-88-78-77(86)76(85)75(84)72(68-80)89-78)71(81)64-60-56-52-48-14-12-10-8-6-4-2/h60,64,70-72,75-78,80-81,84-86H,3-59,61-63,65-69H2,1-2H3,(H,79,82)/b64-60+. The molecule has 1 saturated heterocycles. The Labute approximate surface area is 550 Å². The van der Waals surface area contributed by atoms with Gasteiger partial charge < -0.3 is 45.1 Å². The van der Waals surface area contributed by atoms with Crippen molar-refractivity contribution in [1.82, 2.24) is 5.32 Å². The molecule has 1 aliphatic rings. The zero-order chi connectivity index (χ0) is 64.4. The number of carbonyl (C=O) groups is 2. The van der Waals surface area contributed by atoms with Crippen molar-refractivity contribution in [2.24, 2.45) is 0 Å². The second kappa shape index (κ2) is 67.8. The van der Waals surface area contributed by atoms with E-state index >= 15 is 0 Å². The maximum Gasteiger partial charge on any atom is 0.305 e. The predicted molar refractivity (Wildman–Crippen MR) is 375 cm³/mol. The molecule has 6 N–H and O–H groups in total. The van der Waals surface area contributed by atoms with Crippen LogP contribution in [0.5, 0.6) is 0 Å². The SMILES string of the molecule is CCCCCCCCCC/C=C/C(O)C(COC1OC(CO)C(O)C(O)C1O)NC(=O)CCCCCCCCCCCCCCCCCCCCCCCCCCCCCCCCCCCCCOC(=O)CCCCCCCCCCCCCCCCCC. The van der Waals surface area contributed by atoms with Crippen molar-refractivity contribution in [2.45, 2.75) is 455 Å². The highest BCUT2D eigenvalue weighted by molar-refractivity contribution is 5.76. The summed E-state index contributed by atoms with van der Waals surface area (Å²) < 4.78 is 16.8. The summed E-state index contributed by atoms with van der Waals surface area (Å²) in [5.74, 6) is -0.155. The minimum Gasteiger partial charge on any atom is -0.466 e. The van der Waals surface area contributed by atoms with Crippen LogP contribution in [0.1, 0.15) is 412 Å². The van der Waals surface area contributed by atoms with Gasteiger partial charge in [-0.2, -0.15) is 0 Å². The van der Waals surface area contributed by atoms with Crippen LogP contribution in [0, 0.1) is 0 Å². The Morgan fingerprint density at radius 1 is 0.404 bits per heavy atom. The summed E-state index contributed by atoms with van der Waals surface area (Å²) in [5, 5.41) is 54.4. The number of hydrogen-bond acceptors (Lipinski definition) is 10. The van der Waals surface area contributed by atoms with Gasteiger partial charge in [0, 0.05) is 12.8 Å². The summed E-state index contributed by atoms with van der Waals surface area (Å²) in [6, 6.07) is -0.804. The molecule has 0 aromatic rings. The van der Waals surface area contributed by atoms with Gasteiger partial charge in [0.2, 0.25) is 5.91 Å². The van der Waals surface area contributed by atoms with Crippen molar-refractivity contribution in [3.63, 3.8) is 0 Å². The molecule has 0 spiro atoms. The molecule has 1 amide bonds. The minimum absolute atomic E-state index is 0.0204. The number of nitrogens with one attached hydrogen (secondary N) is 1. The molecule has 1 fully saturated rings. The van der Waals surface area contributed by atoms with Gasteiger partial charge >= 0.3 is 5.97 Å². The van der Waals surface area contributed by atoms with Crippen LogP contribution in [0.3, 0.4) is 0 Å². The van der Waals surface area contributed by atoms with Gasteiger partial charge in [0.25, 0.3) is 0 Å². The Morgan fingerprint density at radius 2 is 0.708 bits per heavy atom. The van der Waals surface area contributed by atoms with Crippen LogP contribution in [0.15, 0.2) is 12.2 Å². The zero-order valence-corrected chi connectivity index (χ0v) is 58.9. The molecule has 11 heteroatoms. The van der Waals surface area contributed by atoms with E-state index in [0.717, 1.165) is 51.4 Å². The topological polar surface area (TPSA) is 175 Å². The summed E-state index contributed by atoms with van der Waals surface area (Å²) in [5.41, 5.74) is 0. The molecule has 11 nitrogen and oxygen atoms in total. The van der Waals surface area contributed by atoms with E-state index < -0.39 is 49.5 Å². The van der Waals surface area contributed by atoms with Crippen molar-refractivity contribution >= 4 is 11.9 Å². The van der Waals surface area contributed by atoms with E-state index in [9.17, 15) is 35.1 Å². The van der Waals surface area contributed by atoms with Crippen LogP contribution in [0.25, 0.3) is 0 Å². The van der Waals surface area contributed by atoms with Gasteiger partial charge in [0.15, 0.2) is 6.29 Å². The minimum atomic E-state index is -1.57. The van der Waals surface area contributed by atoms with Gasteiger partial charge in [-0.15, -0.1) is 0 Å². The number of aliphatic hydroxyl groups excluding tert-OH is 5. The number of unbranched alkanes of at least 4 members (excludes halogenated alkanes) is 57. The molecule has 0 aromatic heterocycles. The average molecular weight is 1260 g/mol. The van der Waals surface area contributed by atoms with Crippen LogP contribution in [0.2, 0.25) is 0 Å². The third kappa shape index (κ3) is 56.5. The Balaban J connectivity index is 1.85. The summed E-state index contributed by atoms with van der Waals surface area (Å²) >= 11 is 0. The van der Waals surface area contributed by atoms with Crippen molar-refractivity contribution in [3.05, 3.63) is 12.2 Å². The zero-order valence-electron chi connectivity index (χ0n) is 58.9. The largest absolute Gasteiger partial charge is 0.466 e. The molecule has 0 radical (unpaired) electrons. The number of hydrogen-bond donors (Lipinski definition) is 6. The number of amides is 1. The first-order valence-corrected chi connectivity index (χ1v) is 39.5. The smallest absolute Gasteiger partial charge is 0.305 e. The first-order valence-electron chi connectivity index (χ1n) is 39.5. The van der Waals surface area contributed by atoms with Gasteiger partial charge in [-0.25, -0.2) is 0 Å². The lowest BCUT2D eigenvalue weighted by Crippen LogP contribution is -2.60. The van der Waals surface area contributed by atoms with Gasteiger partial charge in [0.05, 0.1) is 32.0 Å². The fourth-order valence-electron chi connectivity index (χ4n) is 13.0. The lowest BCUT2D eigenvalue weighted by Gasteiger charge is -2.40. The van der Waals surface area contributed by atoms with Crippen LogP contribution >= 0.6 is 0 Å². The normalized spacial score (nSPS) is 17.7. The maximum absolute atomic E-state index is 13.0. The van der Waals surface area contributed by atoms with Gasteiger partial charge in [-0.3, -0.25) is 9.59 Å². The first-order chi connectivity index (χ1) is 43.7. The molecular weight excluding hydrogens is 1110 g/mol. The molecule has 528 valence electrons. The fourth-order valence-corrected chi connectivity index (χ4v) is 13.0. The third-order valence-electron chi connectivity index (χ3n) is 19.2. The number of aliphatic hydroxyl groups is 5. The molecule has 7 unspecified atom stereocenters. The van der Waals surface area contributed by atoms with E-state index in [1.807, 2.05) is 6.08 Å². The summed E-state index contributed by atoms with van der Waals surface area (Å²) in [6.07, 6.45) is 75.4. The van der Waals surface area contributed by atoms with Crippen molar-refractivity contribution in [1.29, 1.82) is 0 Å². The number of esters is 1. The van der Waals surface area contributed by atoms with Crippen molar-refractivity contribution in [3.8, 4) is 0 Å². The molecule has 0 aliphatic carbocycles.